The summed E-state index contributed by atoms with van der Waals surface area (Å²) in [5.74, 6) is 1.63. The molecular weight excluding hydrogens is 346 g/mol. The van der Waals surface area contributed by atoms with E-state index < -0.39 is 5.79 Å². The first kappa shape index (κ1) is 17.7. The minimum atomic E-state index is -0.623. The van der Waals surface area contributed by atoms with E-state index in [1.54, 1.807) is 31.4 Å². The number of carbonyl (C=O) groups is 1. The number of ether oxygens (including phenoxy) is 4. The predicted molar refractivity (Wildman–Crippen MR) is 98.9 cm³/mol. The number of benzene rings is 2. The Morgan fingerprint density at radius 1 is 1.07 bits per heavy atom. The molecule has 6 heteroatoms. The quantitative estimate of drug-likeness (QED) is 0.829. The fraction of sp³-hybridized carbons (Fsp3) is 0.381. The third kappa shape index (κ3) is 3.85. The summed E-state index contributed by atoms with van der Waals surface area (Å²) >= 11 is 0. The van der Waals surface area contributed by atoms with Crippen LogP contribution in [0.4, 0.5) is 0 Å². The van der Waals surface area contributed by atoms with Gasteiger partial charge in [0.25, 0.3) is 5.91 Å². The Balaban J connectivity index is 1.29. The van der Waals surface area contributed by atoms with Gasteiger partial charge >= 0.3 is 0 Å². The molecule has 0 aromatic heterocycles. The first-order chi connectivity index (χ1) is 13.2. The molecule has 0 N–H and O–H groups in total. The van der Waals surface area contributed by atoms with Gasteiger partial charge in [0.1, 0.15) is 17.2 Å². The van der Waals surface area contributed by atoms with Crippen molar-refractivity contribution in [3.63, 3.8) is 0 Å². The Labute approximate surface area is 158 Å². The van der Waals surface area contributed by atoms with E-state index in [1.807, 2.05) is 29.2 Å². The number of hydrogen-bond donors (Lipinski definition) is 0. The third-order valence-corrected chi connectivity index (χ3v) is 5.06. The predicted octanol–water partition coefficient (Wildman–Crippen LogP) is 3.00. The molecule has 27 heavy (non-hydrogen) atoms. The van der Waals surface area contributed by atoms with Gasteiger partial charge in [-0.05, 0) is 30.3 Å². The lowest BCUT2D eigenvalue weighted by Gasteiger charge is -2.43. The van der Waals surface area contributed by atoms with E-state index in [0.717, 1.165) is 17.1 Å². The zero-order valence-corrected chi connectivity index (χ0v) is 15.3. The van der Waals surface area contributed by atoms with E-state index >= 15 is 0 Å². The molecular formula is C21H23NO5. The highest BCUT2D eigenvalue weighted by molar-refractivity contribution is 5.77. The standard InChI is InChI=1S/C21H23NO5/c1-24-17-6-8-18(9-7-17)25-15-20(23)22-12-10-21(11-13-22)26-14-16-4-2-3-5-19(16)27-21/h2-9H,10-15H2,1H3. The van der Waals surface area contributed by atoms with Crippen LogP contribution in [0.3, 0.4) is 0 Å². The van der Waals surface area contributed by atoms with Crippen LogP contribution >= 0.6 is 0 Å². The second-order valence-electron chi connectivity index (χ2n) is 6.75. The van der Waals surface area contributed by atoms with Gasteiger partial charge in [0.2, 0.25) is 5.79 Å². The lowest BCUT2D eigenvalue weighted by Crippen LogP contribution is -2.53. The number of methoxy groups -OCH3 is 1. The van der Waals surface area contributed by atoms with Gasteiger partial charge in [-0.1, -0.05) is 18.2 Å². The summed E-state index contributed by atoms with van der Waals surface area (Å²) in [6.45, 7) is 1.74. The molecule has 6 nitrogen and oxygen atoms in total. The van der Waals surface area contributed by atoms with Crippen LogP contribution in [0, 0.1) is 0 Å². The number of likely N-dealkylation sites (tertiary alicyclic amines) is 1. The van der Waals surface area contributed by atoms with Crippen molar-refractivity contribution in [3.05, 3.63) is 54.1 Å². The number of piperidine rings is 1. The smallest absolute Gasteiger partial charge is 0.260 e. The van der Waals surface area contributed by atoms with Gasteiger partial charge in [-0.3, -0.25) is 4.79 Å². The van der Waals surface area contributed by atoms with E-state index in [4.69, 9.17) is 18.9 Å². The highest BCUT2D eigenvalue weighted by atomic mass is 16.7. The van der Waals surface area contributed by atoms with Crippen LogP contribution in [0.1, 0.15) is 18.4 Å². The second kappa shape index (κ2) is 7.48. The average Bonchev–Trinajstić information content (AvgIpc) is 2.73. The molecule has 2 aliphatic heterocycles. The number of para-hydroxylation sites is 1. The molecule has 1 amide bonds. The molecule has 0 saturated carbocycles. The number of rotatable bonds is 4. The number of fused-ring (bicyclic) bond motifs is 1. The Bertz CT molecular complexity index is 796. The minimum Gasteiger partial charge on any atom is -0.497 e. The summed E-state index contributed by atoms with van der Waals surface area (Å²) in [7, 11) is 1.61. The molecule has 4 rings (SSSR count). The van der Waals surface area contributed by atoms with E-state index in [2.05, 4.69) is 0 Å². The van der Waals surface area contributed by atoms with Crippen molar-refractivity contribution in [3.8, 4) is 17.2 Å². The molecule has 0 aliphatic carbocycles. The van der Waals surface area contributed by atoms with Crippen molar-refractivity contribution in [1.82, 2.24) is 4.90 Å². The third-order valence-electron chi connectivity index (χ3n) is 5.06. The highest BCUT2D eigenvalue weighted by Crippen LogP contribution is 2.37. The van der Waals surface area contributed by atoms with Crippen LogP contribution in [0.5, 0.6) is 17.2 Å². The van der Waals surface area contributed by atoms with Gasteiger partial charge < -0.3 is 23.8 Å². The monoisotopic (exact) mass is 369 g/mol. The van der Waals surface area contributed by atoms with E-state index in [1.165, 1.54) is 0 Å². The second-order valence-corrected chi connectivity index (χ2v) is 6.75. The topological polar surface area (TPSA) is 57.2 Å². The zero-order chi connectivity index (χ0) is 18.7. The lowest BCUT2D eigenvalue weighted by molar-refractivity contribution is -0.227. The summed E-state index contributed by atoms with van der Waals surface area (Å²) < 4.78 is 22.9. The summed E-state index contributed by atoms with van der Waals surface area (Å²) in [5, 5.41) is 0. The highest BCUT2D eigenvalue weighted by Gasteiger charge is 2.41. The Morgan fingerprint density at radius 3 is 2.52 bits per heavy atom. The fourth-order valence-corrected chi connectivity index (χ4v) is 3.41. The van der Waals surface area contributed by atoms with Crippen LogP contribution in [0.15, 0.2) is 48.5 Å². The molecule has 2 aliphatic rings. The van der Waals surface area contributed by atoms with Crippen LogP contribution < -0.4 is 14.2 Å². The number of amides is 1. The molecule has 0 atom stereocenters. The van der Waals surface area contributed by atoms with Crippen LogP contribution in [0.2, 0.25) is 0 Å². The summed E-state index contributed by atoms with van der Waals surface area (Å²) in [4.78, 5) is 14.3. The van der Waals surface area contributed by atoms with Crippen LogP contribution in [-0.2, 0) is 16.1 Å². The van der Waals surface area contributed by atoms with Crippen LogP contribution in [-0.4, -0.2) is 43.4 Å². The van der Waals surface area contributed by atoms with Crippen molar-refractivity contribution >= 4 is 5.91 Å². The van der Waals surface area contributed by atoms with Gasteiger partial charge in [0, 0.05) is 31.5 Å². The maximum atomic E-state index is 12.5. The molecule has 2 aromatic rings. The van der Waals surface area contributed by atoms with Crippen molar-refractivity contribution in [2.45, 2.75) is 25.2 Å². The number of hydrogen-bond acceptors (Lipinski definition) is 5. The summed E-state index contributed by atoms with van der Waals surface area (Å²) in [5.41, 5.74) is 1.06. The maximum Gasteiger partial charge on any atom is 0.260 e. The van der Waals surface area contributed by atoms with Crippen molar-refractivity contribution < 1.29 is 23.7 Å². The molecule has 1 fully saturated rings. The maximum absolute atomic E-state index is 12.5. The first-order valence-corrected chi connectivity index (χ1v) is 9.13. The minimum absolute atomic E-state index is 0.0177. The van der Waals surface area contributed by atoms with Crippen molar-refractivity contribution in [2.75, 3.05) is 26.8 Å². The number of carbonyl (C=O) groups excluding carboxylic acids is 1. The van der Waals surface area contributed by atoms with Crippen LogP contribution in [0.25, 0.3) is 0 Å². The van der Waals surface area contributed by atoms with Gasteiger partial charge in [-0.15, -0.1) is 0 Å². The fourth-order valence-electron chi connectivity index (χ4n) is 3.41. The van der Waals surface area contributed by atoms with Gasteiger partial charge in [0.05, 0.1) is 13.7 Å². The Morgan fingerprint density at radius 2 is 1.78 bits per heavy atom. The molecule has 0 radical (unpaired) electrons. The van der Waals surface area contributed by atoms with E-state index in [0.29, 0.717) is 38.3 Å². The number of nitrogens with zero attached hydrogens (tertiary/aromatic N) is 1. The van der Waals surface area contributed by atoms with E-state index in [9.17, 15) is 4.79 Å². The SMILES string of the molecule is COc1ccc(OCC(=O)N2CCC3(CC2)OCc2ccccc2O3)cc1. The Kier molecular flexibility index (Phi) is 4.90. The first-order valence-electron chi connectivity index (χ1n) is 9.13. The lowest BCUT2D eigenvalue weighted by atomic mass is 10.0. The molecule has 1 saturated heterocycles. The van der Waals surface area contributed by atoms with Gasteiger partial charge in [-0.25, -0.2) is 0 Å². The van der Waals surface area contributed by atoms with Gasteiger partial charge in [0.15, 0.2) is 6.61 Å². The largest absolute Gasteiger partial charge is 0.497 e. The molecule has 0 bridgehead atoms. The molecule has 1 spiro atoms. The zero-order valence-electron chi connectivity index (χ0n) is 15.3. The Hall–Kier alpha value is -2.73. The molecule has 0 unspecified atom stereocenters. The average molecular weight is 369 g/mol. The molecule has 2 aromatic carbocycles. The molecule has 2 heterocycles. The molecule has 142 valence electrons. The van der Waals surface area contributed by atoms with Crippen molar-refractivity contribution in [1.29, 1.82) is 0 Å². The summed E-state index contributed by atoms with van der Waals surface area (Å²) in [6.07, 6.45) is 1.30. The normalized spacial score (nSPS) is 17.7. The summed E-state index contributed by atoms with van der Waals surface area (Å²) in [6, 6.07) is 15.1. The van der Waals surface area contributed by atoms with Gasteiger partial charge in [-0.2, -0.15) is 0 Å². The van der Waals surface area contributed by atoms with Crippen molar-refractivity contribution in [2.24, 2.45) is 0 Å². The van der Waals surface area contributed by atoms with E-state index in [-0.39, 0.29) is 12.5 Å².